The van der Waals surface area contributed by atoms with E-state index >= 15 is 0 Å². The predicted molar refractivity (Wildman–Crippen MR) is 96.3 cm³/mol. The molecule has 1 aromatic rings. The molecule has 0 radical (unpaired) electrons. The summed E-state index contributed by atoms with van der Waals surface area (Å²) in [6.45, 7) is 6.84. The Morgan fingerprint density at radius 1 is 1.22 bits per heavy atom. The van der Waals surface area contributed by atoms with Crippen LogP contribution in [-0.4, -0.2) is 70.5 Å². The zero-order chi connectivity index (χ0) is 16.3. The van der Waals surface area contributed by atoms with Crippen molar-refractivity contribution in [3.8, 4) is 5.75 Å². The van der Waals surface area contributed by atoms with E-state index in [1.807, 2.05) is 24.3 Å². The number of morpholine rings is 1. The van der Waals surface area contributed by atoms with Gasteiger partial charge in [0.25, 0.3) is 0 Å². The third kappa shape index (κ3) is 7.20. The maximum Gasteiger partial charge on any atom is 0.191 e. The number of guanidine groups is 1. The van der Waals surface area contributed by atoms with E-state index in [0.717, 1.165) is 55.6 Å². The topological polar surface area (TPSA) is 58.1 Å². The molecule has 0 saturated carbocycles. The number of hydrogen-bond donors (Lipinski definition) is 2. The molecule has 6 nitrogen and oxygen atoms in total. The molecule has 0 atom stereocenters. The largest absolute Gasteiger partial charge is 0.492 e. The summed E-state index contributed by atoms with van der Waals surface area (Å²) in [4.78, 5) is 6.61. The van der Waals surface area contributed by atoms with E-state index in [0.29, 0.717) is 13.2 Å². The number of aliphatic imine (C=N–C) groups is 1. The first kappa shape index (κ1) is 18.0. The highest BCUT2D eigenvalue weighted by Crippen LogP contribution is 2.15. The third-order valence-electron chi connectivity index (χ3n) is 3.52. The molecule has 7 heteroatoms. The van der Waals surface area contributed by atoms with Gasteiger partial charge in [-0.15, -0.1) is 0 Å². The molecule has 128 valence electrons. The van der Waals surface area contributed by atoms with E-state index in [1.54, 1.807) is 7.05 Å². The van der Waals surface area contributed by atoms with E-state index in [4.69, 9.17) is 9.47 Å². The van der Waals surface area contributed by atoms with Gasteiger partial charge < -0.3 is 20.1 Å². The number of halogens is 1. The molecule has 1 fully saturated rings. The number of nitrogens with zero attached hydrogens (tertiary/aromatic N) is 2. The normalized spacial score (nSPS) is 16.2. The second-order valence-corrected chi connectivity index (χ2v) is 6.10. The summed E-state index contributed by atoms with van der Waals surface area (Å²) in [7, 11) is 1.78. The molecular weight excluding hydrogens is 360 g/mol. The molecule has 0 spiro atoms. The number of benzene rings is 1. The van der Waals surface area contributed by atoms with Crippen LogP contribution in [0.2, 0.25) is 0 Å². The van der Waals surface area contributed by atoms with Crippen LogP contribution < -0.4 is 15.4 Å². The van der Waals surface area contributed by atoms with E-state index in [-0.39, 0.29) is 0 Å². The van der Waals surface area contributed by atoms with Crippen molar-refractivity contribution in [2.24, 2.45) is 4.99 Å². The Bertz CT molecular complexity index is 475. The monoisotopic (exact) mass is 384 g/mol. The summed E-state index contributed by atoms with van der Waals surface area (Å²) in [5.74, 6) is 1.67. The van der Waals surface area contributed by atoms with Crippen LogP contribution in [-0.2, 0) is 4.74 Å². The average molecular weight is 385 g/mol. The first-order chi connectivity index (χ1) is 11.3. The Labute approximate surface area is 146 Å². The molecule has 0 aromatic heterocycles. The summed E-state index contributed by atoms with van der Waals surface area (Å²) in [5.41, 5.74) is 0. The van der Waals surface area contributed by atoms with Crippen LogP contribution in [0.15, 0.2) is 33.7 Å². The van der Waals surface area contributed by atoms with Crippen LogP contribution >= 0.6 is 15.9 Å². The van der Waals surface area contributed by atoms with Gasteiger partial charge in [0.1, 0.15) is 12.4 Å². The molecule has 1 aliphatic heterocycles. The van der Waals surface area contributed by atoms with Crippen LogP contribution in [0.1, 0.15) is 0 Å². The van der Waals surface area contributed by atoms with E-state index in [2.05, 4.69) is 36.5 Å². The molecule has 2 N–H and O–H groups in total. The van der Waals surface area contributed by atoms with Crippen molar-refractivity contribution < 1.29 is 9.47 Å². The van der Waals surface area contributed by atoms with Gasteiger partial charge in [0.2, 0.25) is 0 Å². The Hall–Kier alpha value is -1.31. The zero-order valence-electron chi connectivity index (χ0n) is 13.6. The smallest absolute Gasteiger partial charge is 0.191 e. The molecule has 1 heterocycles. The Balaban J connectivity index is 1.56. The fourth-order valence-electron chi connectivity index (χ4n) is 2.25. The Kier molecular flexibility index (Phi) is 8.20. The lowest BCUT2D eigenvalue weighted by Gasteiger charge is -2.26. The molecule has 0 bridgehead atoms. The van der Waals surface area contributed by atoms with E-state index in [1.165, 1.54) is 0 Å². The second kappa shape index (κ2) is 10.5. The predicted octanol–water partition coefficient (Wildman–Crippen LogP) is 1.33. The van der Waals surface area contributed by atoms with Crippen molar-refractivity contribution in [2.45, 2.75) is 0 Å². The van der Waals surface area contributed by atoms with Gasteiger partial charge in [-0.1, -0.05) is 15.9 Å². The summed E-state index contributed by atoms with van der Waals surface area (Å²) in [6, 6.07) is 7.82. The molecule has 0 aliphatic carbocycles. The lowest BCUT2D eigenvalue weighted by atomic mass is 10.3. The van der Waals surface area contributed by atoms with Crippen molar-refractivity contribution in [3.05, 3.63) is 28.7 Å². The third-order valence-corrected chi connectivity index (χ3v) is 4.05. The molecule has 0 unspecified atom stereocenters. The van der Waals surface area contributed by atoms with E-state index in [9.17, 15) is 0 Å². The maximum absolute atomic E-state index is 5.67. The molecule has 1 aliphatic rings. The first-order valence-electron chi connectivity index (χ1n) is 7.91. The lowest BCUT2D eigenvalue weighted by Crippen LogP contribution is -2.45. The van der Waals surface area contributed by atoms with Crippen LogP contribution in [0.25, 0.3) is 0 Å². The van der Waals surface area contributed by atoms with Crippen molar-refractivity contribution in [3.63, 3.8) is 0 Å². The minimum Gasteiger partial charge on any atom is -0.492 e. The maximum atomic E-state index is 5.67. The van der Waals surface area contributed by atoms with Gasteiger partial charge in [0.15, 0.2) is 5.96 Å². The van der Waals surface area contributed by atoms with Crippen molar-refractivity contribution in [2.75, 3.05) is 59.6 Å². The van der Waals surface area contributed by atoms with Crippen molar-refractivity contribution in [1.29, 1.82) is 0 Å². The van der Waals surface area contributed by atoms with Crippen molar-refractivity contribution in [1.82, 2.24) is 15.5 Å². The SMILES string of the molecule is CN=C(NCCOc1ccc(Br)cc1)NCCN1CCOCC1. The summed E-state index contributed by atoms with van der Waals surface area (Å²) < 4.78 is 12.1. The van der Waals surface area contributed by atoms with Gasteiger partial charge in [-0.25, -0.2) is 0 Å². The van der Waals surface area contributed by atoms with Crippen LogP contribution in [0.5, 0.6) is 5.75 Å². The Morgan fingerprint density at radius 3 is 2.61 bits per heavy atom. The molecule has 1 saturated heterocycles. The highest BCUT2D eigenvalue weighted by Gasteiger charge is 2.09. The molecule has 1 aromatic carbocycles. The highest BCUT2D eigenvalue weighted by molar-refractivity contribution is 9.10. The molecule has 23 heavy (non-hydrogen) atoms. The molecule has 0 amide bonds. The minimum absolute atomic E-state index is 0.589. The van der Waals surface area contributed by atoms with Crippen LogP contribution in [0.4, 0.5) is 0 Å². The Morgan fingerprint density at radius 2 is 1.91 bits per heavy atom. The van der Waals surface area contributed by atoms with Crippen LogP contribution in [0, 0.1) is 0 Å². The van der Waals surface area contributed by atoms with E-state index < -0.39 is 0 Å². The number of hydrogen-bond acceptors (Lipinski definition) is 4. The van der Waals surface area contributed by atoms with Gasteiger partial charge in [-0.3, -0.25) is 9.89 Å². The van der Waals surface area contributed by atoms with Crippen LogP contribution in [0.3, 0.4) is 0 Å². The van der Waals surface area contributed by atoms with Gasteiger partial charge in [0, 0.05) is 37.7 Å². The first-order valence-corrected chi connectivity index (χ1v) is 8.70. The molecular formula is C16H25BrN4O2. The second-order valence-electron chi connectivity index (χ2n) is 5.18. The van der Waals surface area contributed by atoms with Gasteiger partial charge >= 0.3 is 0 Å². The number of rotatable bonds is 7. The molecule has 2 rings (SSSR count). The summed E-state index contributed by atoms with van der Waals surface area (Å²) in [5, 5.41) is 6.57. The number of ether oxygens (including phenoxy) is 2. The highest BCUT2D eigenvalue weighted by atomic mass is 79.9. The summed E-state index contributed by atoms with van der Waals surface area (Å²) in [6.07, 6.45) is 0. The zero-order valence-corrected chi connectivity index (χ0v) is 15.1. The number of nitrogens with one attached hydrogen (secondary N) is 2. The van der Waals surface area contributed by atoms with Gasteiger partial charge in [-0.05, 0) is 24.3 Å². The average Bonchev–Trinajstić information content (AvgIpc) is 2.59. The van der Waals surface area contributed by atoms with Gasteiger partial charge in [0.05, 0.1) is 19.8 Å². The minimum atomic E-state index is 0.589. The fourth-order valence-corrected chi connectivity index (χ4v) is 2.51. The van der Waals surface area contributed by atoms with Crippen molar-refractivity contribution >= 4 is 21.9 Å². The van der Waals surface area contributed by atoms with Gasteiger partial charge in [-0.2, -0.15) is 0 Å². The quantitative estimate of drug-likeness (QED) is 0.421. The standard InChI is InChI=1S/C16H25BrN4O2/c1-18-16(19-6-8-21-9-12-22-13-10-21)20-7-11-23-15-4-2-14(17)3-5-15/h2-5H,6-13H2,1H3,(H2,18,19,20). The summed E-state index contributed by atoms with van der Waals surface area (Å²) >= 11 is 3.41. The fraction of sp³-hybridized carbons (Fsp3) is 0.562. The lowest BCUT2D eigenvalue weighted by molar-refractivity contribution is 0.0389.